The van der Waals surface area contributed by atoms with Gasteiger partial charge in [0.2, 0.25) is 0 Å². The fourth-order valence-electron chi connectivity index (χ4n) is 2.59. The lowest BCUT2D eigenvalue weighted by atomic mass is 10.0. The molecule has 5 nitrogen and oxygen atoms in total. The number of likely N-dealkylation sites (N-methyl/N-ethyl adjacent to an activating group) is 1. The van der Waals surface area contributed by atoms with Crippen LogP contribution >= 0.6 is 0 Å². The molecule has 2 rings (SSSR count). The molecule has 5 heteroatoms. The van der Waals surface area contributed by atoms with E-state index >= 15 is 0 Å². The molecule has 3 atom stereocenters. The lowest BCUT2D eigenvalue weighted by Crippen LogP contribution is -2.37. The molecule has 0 aromatic rings. The molecule has 1 aliphatic heterocycles. The van der Waals surface area contributed by atoms with Gasteiger partial charge in [-0.1, -0.05) is 0 Å². The van der Waals surface area contributed by atoms with Gasteiger partial charge in [-0.15, -0.1) is 0 Å². The van der Waals surface area contributed by atoms with Crippen molar-refractivity contribution in [2.45, 2.75) is 25.0 Å². The Morgan fingerprint density at radius 1 is 1.50 bits per heavy atom. The van der Waals surface area contributed by atoms with E-state index in [4.69, 9.17) is 10.6 Å². The molecule has 0 aromatic carbocycles. The van der Waals surface area contributed by atoms with E-state index in [0.29, 0.717) is 17.6 Å². The number of rotatable bonds is 6. The summed E-state index contributed by atoms with van der Waals surface area (Å²) in [5, 5.41) is 3.51. The summed E-state index contributed by atoms with van der Waals surface area (Å²) >= 11 is 0. The van der Waals surface area contributed by atoms with Gasteiger partial charge in [0.1, 0.15) is 0 Å². The van der Waals surface area contributed by atoms with Crippen LogP contribution in [-0.4, -0.2) is 57.4 Å². The number of nitrogens with zero attached hydrogens (tertiary/aromatic N) is 1. The molecule has 1 saturated carbocycles. The second-order valence-corrected chi connectivity index (χ2v) is 5.42. The van der Waals surface area contributed by atoms with E-state index in [1.165, 1.54) is 12.8 Å². The SMILES string of the molecule is CN(C)CCOC1C[C@]12CN[C@H](CNN)C2. The number of hydrogen-bond acceptors (Lipinski definition) is 5. The van der Waals surface area contributed by atoms with Crippen LogP contribution in [0.25, 0.3) is 0 Å². The van der Waals surface area contributed by atoms with Crippen LogP contribution in [0.4, 0.5) is 0 Å². The van der Waals surface area contributed by atoms with Gasteiger partial charge in [0, 0.05) is 31.1 Å². The maximum absolute atomic E-state index is 5.89. The third-order valence-corrected chi connectivity index (χ3v) is 3.73. The van der Waals surface area contributed by atoms with Crippen molar-refractivity contribution in [1.29, 1.82) is 0 Å². The molecular formula is C11H24N4O. The van der Waals surface area contributed by atoms with Gasteiger partial charge < -0.3 is 15.0 Å². The van der Waals surface area contributed by atoms with Gasteiger partial charge >= 0.3 is 0 Å². The Hall–Kier alpha value is -0.200. The largest absolute Gasteiger partial charge is 0.376 e. The fraction of sp³-hybridized carbons (Fsp3) is 1.00. The van der Waals surface area contributed by atoms with E-state index in [9.17, 15) is 0 Å². The molecule has 1 heterocycles. The summed E-state index contributed by atoms with van der Waals surface area (Å²) in [4.78, 5) is 2.16. The molecule has 0 bridgehead atoms. The highest BCUT2D eigenvalue weighted by molar-refractivity contribution is 5.11. The predicted octanol–water partition coefficient (Wildman–Crippen LogP) is -0.851. The first-order valence-electron chi connectivity index (χ1n) is 6.09. The van der Waals surface area contributed by atoms with Crippen LogP contribution in [0.2, 0.25) is 0 Å². The van der Waals surface area contributed by atoms with Crippen LogP contribution in [0.5, 0.6) is 0 Å². The molecule has 4 N–H and O–H groups in total. The molecule has 1 unspecified atom stereocenters. The Labute approximate surface area is 97.7 Å². The maximum Gasteiger partial charge on any atom is 0.0652 e. The van der Waals surface area contributed by atoms with Crippen LogP contribution in [0.3, 0.4) is 0 Å². The monoisotopic (exact) mass is 228 g/mol. The number of nitrogens with two attached hydrogens (primary N) is 1. The Bertz CT molecular complexity index is 236. The Morgan fingerprint density at radius 2 is 2.31 bits per heavy atom. The summed E-state index contributed by atoms with van der Waals surface area (Å²) in [6.07, 6.45) is 2.89. The molecule has 2 fully saturated rings. The smallest absolute Gasteiger partial charge is 0.0652 e. The molecule has 16 heavy (non-hydrogen) atoms. The van der Waals surface area contributed by atoms with Crippen LogP contribution in [-0.2, 0) is 4.74 Å². The fourth-order valence-corrected chi connectivity index (χ4v) is 2.59. The Kier molecular flexibility index (Phi) is 3.81. The molecule has 0 amide bonds. The molecule has 0 radical (unpaired) electrons. The third kappa shape index (κ3) is 2.73. The number of hydrazine groups is 1. The molecule has 2 aliphatic rings. The molecule has 1 saturated heterocycles. The van der Waals surface area contributed by atoms with Crippen LogP contribution in [0.1, 0.15) is 12.8 Å². The Morgan fingerprint density at radius 3 is 3.00 bits per heavy atom. The topological polar surface area (TPSA) is 62.5 Å². The summed E-state index contributed by atoms with van der Waals surface area (Å²) in [7, 11) is 4.15. The number of hydrogen-bond donors (Lipinski definition) is 3. The molecule has 94 valence electrons. The molecule has 1 aliphatic carbocycles. The zero-order valence-corrected chi connectivity index (χ0v) is 10.3. The summed E-state index contributed by atoms with van der Waals surface area (Å²) in [5.41, 5.74) is 3.16. The highest BCUT2D eigenvalue weighted by atomic mass is 16.5. The summed E-state index contributed by atoms with van der Waals surface area (Å²) in [6, 6.07) is 0.521. The van der Waals surface area contributed by atoms with E-state index in [1.54, 1.807) is 0 Å². The lowest BCUT2D eigenvalue weighted by Gasteiger charge is -2.12. The minimum atomic E-state index is 0.424. The first kappa shape index (κ1) is 12.3. The van der Waals surface area contributed by atoms with Gasteiger partial charge in [0.15, 0.2) is 0 Å². The molecule has 1 spiro atoms. The highest BCUT2D eigenvalue weighted by Crippen LogP contribution is 2.53. The van der Waals surface area contributed by atoms with Gasteiger partial charge in [-0.25, -0.2) is 0 Å². The Balaban J connectivity index is 1.66. The summed E-state index contributed by atoms with van der Waals surface area (Å²) in [5.74, 6) is 5.34. The first-order chi connectivity index (χ1) is 7.66. The average molecular weight is 228 g/mol. The highest BCUT2D eigenvalue weighted by Gasteiger charge is 2.58. The van der Waals surface area contributed by atoms with Crippen molar-refractivity contribution in [1.82, 2.24) is 15.6 Å². The minimum Gasteiger partial charge on any atom is -0.376 e. The van der Waals surface area contributed by atoms with Gasteiger partial charge in [0.05, 0.1) is 12.7 Å². The van der Waals surface area contributed by atoms with Crippen LogP contribution in [0.15, 0.2) is 0 Å². The van der Waals surface area contributed by atoms with Crippen molar-refractivity contribution in [3.63, 3.8) is 0 Å². The second-order valence-electron chi connectivity index (χ2n) is 5.42. The quantitative estimate of drug-likeness (QED) is 0.408. The molecular weight excluding hydrogens is 204 g/mol. The first-order valence-corrected chi connectivity index (χ1v) is 6.09. The van der Waals surface area contributed by atoms with Gasteiger partial charge in [-0.2, -0.15) is 0 Å². The maximum atomic E-state index is 5.89. The van der Waals surface area contributed by atoms with Gasteiger partial charge in [-0.3, -0.25) is 11.3 Å². The van der Waals surface area contributed by atoms with Crippen molar-refractivity contribution in [2.75, 3.05) is 40.3 Å². The minimum absolute atomic E-state index is 0.424. The molecule has 0 aromatic heterocycles. The lowest BCUT2D eigenvalue weighted by molar-refractivity contribution is 0.0805. The van der Waals surface area contributed by atoms with Crippen molar-refractivity contribution in [3.8, 4) is 0 Å². The van der Waals surface area contributed by atoms with Crippen molar-refractivity contribution >= 4 is 0 Å². The normalized spacial score (nSPS) is 37.5. The van der Waals surface area contributed by atoms with E-state index in [2.05, 4.69) is 29.7 Å². The van der Waals surface area contributed by atoms with Crippen LogP contribution < -0.4 is 16.6 Å². The van der Waals surface area contributed by atoms with E-state index in [-0.39, 0.29) is 0 Å². The summed E-state index contributed by atoms with van der Waals surface area (Å²) in [6.45, 7) is 3.80. The van der Waals surface area contributed by atoms with E-state index in [1.807, 2.05) is 0 Å². The van der Waals surface area contributed by atoms with Gasteiger partial charge in [0.25, 0.3) is 0 Å². The third-order valence-electron chi connectivity index (χ3n) is 3.73. The predicted molar refractivity (Wildman–Crippen MR) is 63.9 cm³/mol. The summed E-state index contributed by atoms with van der Waals surface area (Å²) < 4.78 is 5.89. The van der Waals surface area contributed by atoms with Crippen molar-refractivity contribution in [3.05, 3.63) is 0 Å². The van der Waals surface area contributed by atoms with E-state index in [0.717, 1.165) is 26.2 Å². The van der Waals surface area contributed by atoms with Crippen molar-refractivity contribution in [2.24, 2.45) is 11.3 Å². The standard InChI is InChI=1S/C11H24N4O/c1-15(2)3-4-16-10-6-11(10)5-9(7-14-12)13-8-11/h9-10,13-14H,3-8,12H2,1-2H3/t9-,10?,11+/m0/s1. The zero-order chi connectivity index (χ0) is 11.6. The second kappa shape index (κ2) is 4.98. The zero-order valence-electron chi connectivity index (χ0n) is 10.3. The number of ether oxygens (including phenoxy) is 1. The van der Waals surface area contributed by atoms with Gasteiger partial charge in [-0.05, 0) is 26.9 Å². The average Bonchev–Trinajstić information content (AvgIpc) is 2.70. The van der Waals surface area contributed by atoms with E-state index < -0.39 is 0 Å². The van der Waals surface area contributed by atoms with Crippen LogP contribution in [0, 0.1) is 5.41 Å². The number of nitrogens with one attached hydrogen (secondary N) is 2. The van der Waals surface area contributed by atoms with Crippen molar-refractivity contribution < 1.29 is 4.74 Å².